The maximum absolute atomic E-state index is 13.7. The van der Waals surface area contributed by atoms with Gasteiger partial charge < -0.3 is 19.7 Å². The average Bonchev–Trinajstić information content (AvgIpc) is 2.89. The molecule has 0 fully saturated rings. The van der Waals surface area contributed by atoms with E-state index >= 15 is 0 Å². The number of nitrogens with one attached hydrogen (secondary N) is 1. The number of hydrogen-bond acceptors (Lipinski definition) is 4. The topological polar surface area (TPSA) is 67.9 Å². The number of hydrogen-bond donors (Lipinski definition) is 1. The molecule has 0 spiro atoms. The molecule has 0 aliphatic carbocycles. The molecule has 3 aromatic rings. The van der Waals surface area contributed by atoms with Gasteiger partial charge in [0, 0.05) is 48.6 Å². The molecule has 0 heterocycles. The van der Waals surface area contributed by atoms with Crippen LogP contribution in [0.2, 0.25) is 10.0 Å². The third-order valence-electron chi connectivity index (χ3n) is 6.08. The van der Waals surface area contributed by atoms with Gasteiger partial charge in [0.05, 0.1) is 19.3 Å². The largest absolute Gasteiger partial charge is 0.496 e. The number of nitrogens with zero attached hydrogens (tertiary/aromatic N) is 1. The van der Waals surface area contributed by atoms with E-state index in [0.29, 0.717) is 38.9 Å². The molecule has 3 rings (SSSR count). The summed E-state index contributed by atoms with van der Waals surface area (Å²) in [6, 6.07) is 13.1. The van der Waals surface area contributed by atoms with Crippen LogP contribution in [0.4, 0.5) is 18.0 Å². The lowest BCUT2D eigenvalue weighted by Gasteiger charge is -2.24. The van der Waals surface area contributed by atoms with Crippen LogP contribution in [0.1, 0.15) is 36.1 Å². The van der Waals surface area contributed by atoms with Crippen LogP contribution >= 0.6 is 23.2 Å². The summed E-state index contributed by atoms with van der Waals surface area (Å²) in [6.45, 7) is 3.47. The molecular weight excluding hydrogens is 568 g/mol. The normalized spacial score (nSPS) is 11.2. The molecule has 0 radical (unpaired) electrons. The summed E-state index contributed by atoms with van der Waals surface area (Å²) < 4.78 is 51.6. The summed E-state index contributed by atoms with van der Waals surface area (Å²) in [5.74, 6) is 0.0396. The number of benzene rings is 3. The van der Waals surface area contributed by atoms with Crippen LogP contribution in [0.5, 0.6) is 5.75 Å². The number of methoxy groups -OCH3 is 1. The molecular formula is C29H29Cl2F3N2O4. The minimum atomic E-state index is -4.58. The first-order valence-corrected chi connectivity index (χ1v) is 13.1. The molecule has 214 valence electrons. The first-order valence-electron chi connectivity index (χ1n) is 12.4. The molecule has 0 aromatic heterocycles. The van der Waals surface area contributed by atoms with Gasteiger partial charge in [0.25, 0.3) is 0 Å². The zero-order chi connectivity index (χ0) is 29.4. The highest BCUT2D eigenvalue weighted by Crippen LogP contribution is 2.38. The minimum absolute atomic E-state index is 0.0985. The maximum atomic E-state index is 13.7. The van der Waals surface area contributed by atoms with Crippen molar-refractivity contribution in [2.75, 3.05) is 20.3 Å². The molecule has 40 heavy (non-hydrogen) atoms. The van der Waals surface area contributed by atoms with Crippen LogP contribution in [0, 0.1) is 0 Å². The van der Waals surface area contributed by atoms with Crippen molar-refractivity contribution >= 4 is 35.2 Å². The van der Waals surface area contributed by atoms with E-state index in [1.165, 1.54) is 25.0 Å². The van der Waals surface area contributed by atoms with Gasteiger partial charge in [0.15, 0.2) is 0 Å². The standard InChI is InChI=1S/C29H29Cl2F3N2O4/c1-4-36(28(38)35-16-20-11-23(30)15-24(31)12-20)17-21-14-22(29(32,33)34)6-7-25(21)26-13-19(5-8-27(26)39-3)9-10-40-18(2)37/h5-8,11-15H,4,9-10,16-17H2,1-3H3,(H,35,38). The van der Waals surface area contributed by atoms with Crippen molar-refractivity contribution in [3.63, 3.8) is 0 Å². The number of amides is 2. The van der Waals surface area contributed by atoms with Crippen molar-refractivity contribution in [1.82, 2.24) is 10.2 Å². The van der Waals surface area contributed by atoms with Crippen LogP contribution in [-0.2, 0) is 35.2 Å². The molecule has 0 saturated carbocycles. The second-order valence-electron chi connectivity index (χ2n) is 8.94. The van der Waals surface area contributed by atoms with Gasteiger partial charge in [-0.3, -0.25) is 4.79 Å². The highest BCUT2D eigenvalue weighted by atomic mass is 35.5. The van der Waals surface area contributed by atoms with Crippen molar-refractivity contribution in [3.05, 3.63) is 86.9 Å². The van der Waals surface area contributed by atoms with Gasteiger partial charge in [0.2, 0.25) is 0 Å². The first kappa shape index (κ1) is 31.1. The van der Waals surface area contributed by atoms with Crippen LogP contribution in [0.15, 0.2) is 54.6 Å². The molecule has 3 aromatic carbocycles. The monoisotopic (exact) mass is 596 g/mol. The molecule has 0 aliphatic heterocycles. The predicted molar refractivity (Wildman–Crippen MR) is 149 cm³/mol. The Hall–Kier alpha value is -3.43. The number of alkyl halides is 3. The van der Waals surface area contributed by atoms with Gasteiger partial charge >= 0.3 is 18.2 Å². The highest BCUT2D eigenvalue weighted by Gasteiger charge is 2.31. The van der Waals surface area contributed by atoms with Crippen LogP contribution in [0.3, 0.4) is 0 Å². The molecule has 0 atom stereocenters. The Morgan fingerprint density at radius 2 is 1.65 bits per heavy atom. The van der Waals surface area contributed by atoms with Crippen LogP contribution < -0.4 is 10.1 Å². The highest BCUT2D eigenvalue weighted by molar-refractivity contribution is 6.34. The van der Waals surface area contributed by atoms with Gasteiger partial charge in [-0.15, -0.1) is 0 Å². The number of esters is 1. The number of urea groups is 1. The van der Waals surface area contributed by atoms with Crippen LogP contribution in [0.25, 0.3) is 11.1 Å². The zero-order valence-corrected chi connectivity index (χ0v) is 23.7. The Morgan fingerprint density at radius 1 is 0.950 bits per heavy atom. The second kappa shape index (κ2) is 13.8. The Labute approximate surface area is 241 Å². The summed E-state index contributed by atoms with van der Waals surface area (Å²) in [7, 11) is 1.47. The number of halogens is 5. The smallest absolute Gasteiger partial charge is 0.416 e. The fourth-order valence-electron chi connectivity index (χ4n) is 4.13. The second-order valence-corrected chi connectivity index (χ2v) is 9.82. The lowest BCUT2D eigenvalue weighted by Crippen LogP contribution is -2.39. The summed E-state index contributed by atoms with van der Waals surface area (Å²) >= 11 is 12.1. The number of carbonyl (C=O) groups is 2. The molecule has 6 nitrogen and oxygen atoms in total. The number of carbonyl (C=O) groups excluding carboxylic acids is 2. The lowest BCUT2D eigenvalue weighted by atomic mass is 9.94. The van der Waals surface area contributed by atoms with Crippen LogP contribution in [-0.4, -0.2) is 37.2 Å². The summed E-state index contributed by atoms with van der Waals surface area (Å²) in [4.78, 5) is 25.6. The lowest BCUT2D eigenvalue weighted by molar-refractivity contribution is -0.141. The molecule has 2 amide bonds. The van der Waals surface area contributed by atoms with Crippen molar-refractivity contribution in [3.8, 4) is 16.9 Å². The fourth-order valence-corrected chi connectivity index (χ4v) is 4.70. The maximum Gasteiger partial charge on any atom is 0.416 e. The molecule has 0 saturated heterocycles. The quantitative estimate of drug-likeness (QED) is 0.246. The van der Waals surface area contributed by atoms with Crippen molar-refractivity contribution in [2.24, 2.45) is 0 Å². The molecule has 0 bridgehead atoms. The third kappa shape index (κ3) is 8.53. The van der Waals surface area contributed by atoms with E-state index in [9.17, 15) is 22.8 Å². The van der Waals surface area contributed by atoms with E-state index in [-0.39, 0.29) is 31.8 Å². The molecule has 11 heteroatoms. The predicted octanol–water partition coefficient (Wildman–Crippen LogP) is 7.53. The van der Waals surface area contributed by atoms with E-state index in [1.807, 2.05) is 0 Å². The van der Waals surface area contributed by atoms with Crippen molar-refractivity contribution < 1.29 is 32.2 Å². The fraction of sp³-hybridized carbons (Fsp3) is 0.310. The number of ether oxygens (including phenoxy) is 2. The SMILES string of the molecule is CCN(Cc1cc(C(F)(F)F)ccc1-c1cc(CCOC(C)=O)ccc1OC)C(=O)NCc1cc(Cl)cc(Cl)c1. The van der Waals surface area contributed by atoms with Gasteiger partial charge in [0.1, 0.15) is 5.75 Å². The first-order chi connectivity index (χ1) is 18.9. The molecule has 1 N–H and O–H groups in total. The minimum Gasteiger partial charge on any atom is -0.496 e. The van der Waals surface area contributed by atoms with E-state index in [4.69, 9.17) is 32.7 Å². The van der Waals surface area contributed by atoms with Crippen molar-refractivity contribution in [1.29, 1.82) is 0 Å². The van der Waals surface area contributed by atoms with Gasteiger partial charge in [-0.1, -0.05) is 35.3 Å². The summed E-state index contributed by atoms with van der Waals surface area (Å²) in [5.41, 5.74) is 1.96. The van der Waals surface area contributed by atoms with Gasteiger partial charge in [-0.25, -0.2) is 4.79 Å². The van der Waals surface area contributed by atoms with Crippen molar-refractivity contribution in [2.45, 2.75) is 39.5 Å². The third-order valence-corrected chi connectivity index (χ3v) is 6.52. The summed E-state index contributed by atoms with van der Waals surface area (Å²) in [6.07, 6.45) is -4.17. The Bertz CT molecular complexity index is 1350. The van der Waals surface area contributed by atoms with Gasteiger partial charge in [-0.05, 0) is 71.6 Å². The van der Waals surface area contributed by atoms with Gasteiger partial charge in [-0.2, -0.15) is 13.2 Å². The molecule has 0 unspecified atom stereocenters. The van der Waals surface area contributed by atoms with E-state index in [0.717, 1.165) is 17.7 Å². The van der Waals surface area contributed by atoms with E-state index in [1.54, 1.807) is 43.3 Å². The Balaban J connectivity index is 1.95. The summed E-state index contributed by atoms with van der Waals surface area (Å²) in [5, 5.41) is 3.61. The zero-order valence-electron chi connectivity index (χ0n) is 22.2. The Kier molecular flexibility index (Phi) is 10.7. The molecule has 0 aliphatic rings. The Morgan fingerprint density at radius 3 is 2.25 bits per heavy atom. The number of rotatable bonds is 10. The van der Waals surface area contributed by atoms with E-state index in [2.05, 4.69) is 5.32 Å². The average molecular weight is 597 g/mol. The van der Waals surface area contributed by atoms with E-state index < -0.39 is 23.7 Å².